The molecule has 4 rings (SSSR count). The second-order valence-electron chi connectivity index (χ2n) is 7.07. The number of aryl methyl sites for hydroxylation is 2. The van der Waals surface area contributed by atoms with Crippen molar-refractivity contribution >= 4 is 12.0 Å². The number of benzene rings is 2. The highest BCUT2D eigenvalue weighted by atomic mass is 16.2. The van der Waals surface area contributed by atoms with E-state index in [1.165, 1.54) is 11.3 Å². The van der Waals surface area contributed by atoms with Crippen molar-refractivity contribution in [2.24, 2.45) is 0 Å². The summed E-state index contributed by atoms with van der Waals surface area (Å²) < 4.78 is 2.28. The second kappa shape index (κ2) is 7.67. The topological polar surface area (TPSA) is 25.2 Å². The number of carbonyl (C=O) groups excluding carboxylic acids is 1. The van der Waals surface area contributed by atoms with Gasteiger partial charge in [-0.05, 0) is 42.7 Å². The van der Waals surface area contributed by atoms with Crippen LogP contribution < -0.4 is 0 Å². The molecule has 1 atom stereocenters. The van der Waals surface area contributed by atoms with Gasteiger partial charge < -0.3 is 9.47 Å². The maximum absolute atomic E-state index is 13.1. The van der Waals surface area contributed by atoms with Gasteiger partial charge in [0.05, 0.1) is 6.04 Å². The molecule has 1 amide bonds. The first-order valence-electron chi connectivity index (χ1n) is 9.48. The summed E-state index contributed by atoms with van der Waals surface area (Å²) in [6, 6.07) is 22.6. The summed E-state index contributed by atoms with van der Waals surface area (Å²) >= 11 is 0. The Hall–Kier alpha value is -3.07. The molecule has 136 valence electrons. The molecule has 0 saturated heterocycles. The van der Waals surface area contributed by atoms with Crippen molar-refractivity contribution in [3.8, 4) is 0 Å². The van der Waals surface area contributed by atoms with Gasteiger partial charge >= 0.3 is 0 Å². The van der Waals surface area contributed by atoms with Crippen LogP contribution in [0.25, 0.3) is 6.08 Å². The number of amides is 1. The van der Waals surface area contributed by atoms with Crippen LogP contribution in [0.15, 0.2) is 79.0 Å². The molecule has 3 nitrogen and oxygen atoms in total. The fraction of sp³-hybridized carbons (Fsp3) is 0.208. The van der Waals surface area contributed by atoms with Gasteiger partial charge in [-0.2, -0.15) is 0 Å². The molecule has 0 bridgehead atoms. The van der Waals surface area contributed by atoms with Gasteiger partial charge in [-0.15, -0.1) is 0 Å². The Morgan fingerprint density at radius 3 is 2.52 bits per heavy atom. The lowest BCUT2D eigenvalue weighted by Crippen LogP contribution is -2.34. The van der Waals surface area contributed by atoms with Crippen LogP contribution in [-0.4, -0.2) is 21.9 Å². The molecule has 0 N–H and O–H groups in total. The maximum Gasteiger partial charge on any atom is 0.247 e. The molecule has 0 saturated carbocycles. The third-order valence-electron chi connectivity index (χ3n) is 5.15. The van der Waals surface area contributed by atoms with E-state index < -0.39 is 0 Å². The molecule has 1 aromatic heterocycles. The number of carbonyl (C=O) groups is 1. The third-order valence-corrected chi connectivity index (χ3v) is 5.15. The molecular weight excluding hydrogens is 332 g/mol. The minimum atomic E-state index is -0.0592. The van der Waals surface area contributed by atoms with Gasteiger partial charge in [0.25, 0.3) is 0 Å². The van der Waals surface area contributed by atoms with Gasteiger partial charge in [-0.3, -0.25) is 4.79 Å². The summed E-state index contributed by atoms with van der Waals surface area (Å²) in [5.74, 6) is 0.0547. The Bertz CT molecular complexity index is 938. The van der Waals surface area contributed by atoms with Gasteiger partial charge in [-0.1, -0.05) is 60.2 Å². The van der Waals surface area contributed by atoms with Crippen LogP contribution in [0.3, 0.4) is 0 Å². The SMILES string of the molecule is Cc1ccc(C2c3cccn3CCCN2C(=O)/C=C/c2ccccc2)cc1. The fourth-order valence-electron chi connectivity index (χ4n) is 3.74. The van der Waals surface area contributed by atoms with Crippen molar-refractivity contribution in [2.75, 3.05) is 6.54 Å². The average molecular weight is 356 g/mol. The number of rotatable bonds is 3. The van der Waals surface area contributed by atoms with Crippen molar-refractivity contribution < 1.29 is 4.79 Å². The molecule has 1 unspecified atom stereocenters. The molecular formula is C24H24N2O. The van der Waals surface area contributed by atoms with Gasteiger partial charge in [-0.25, -0.2) is 0 Å². The van der Waals surface area contributed by atoms with Gasteiger partial charge in [0.15, 0.2) is 0 Å². The minimum absolute atomic E-state index is 0.0547. The van der Waals surface area contributed by atoms with E-state index in [0.29, 0.717) is 0 Å². The summed E-state index contributed by atoms with van der Waals surface area (Å²) in [4.78, 5) is 15.1. The molecule has 2 heterocycles. The highest BCUT2D eigenvalue weighted by Crippen LogP contribution is 2.32. The van der Waals surface area contributed by atoms with Crippen molar-refractivity contribution in [1.82, 2.24) is 9.47 Å². The van der Waals surface area contributed by atoms with Gasteiger partial charge in [0.1, 0.15) is 0 Å². The first-order chi connectivity index (χ1) is 13.2. The zero-order chi connectivity index (χ0) is 18.6. The first-order valence-corrected chi connectivity index (χ1v) is 9.48. The van der Waals surface area contributed by atoms with E-state index in [4.69, 9.17) is 0 Å². The standard InChI is InChI=1S/C24H24N2O/c1-19-10-13-21(14-11-19)24-22-9-5-16-25(22)17-6-18-26(24)23(27)15-12-20-7-3-2-4-8-20/h2-5,7-16,24H,6,17-18H2,1H3/b15-12+. The van der Waals surface area contributed by atoms with Crippen molar-refractivity contribution in [3.63, 3.8) is 0 Å². The van der Waals surface area contributed by atoms with E-state index in [9.17, 15) is 4.79 Å². The summed E-state index contributed by atoms with van der Waals surface area (Å²) in [6.45, 7) is 3.78. The van der Waals surface area contributed by atoms with Crippen molar-refractivity contribution in [1.29, 1.82) is 0 Å². The number of aromatic nitrogens is 1. The summed E-state index contributed by atoms with van der Waals surface area (Å²) in [5.41, 5.74) is 4.60. The van der Waals surface area contributed by atoms with Crippen LogP contribution in [0.1, 0.15) is 34.8 Å². The molecule has 1 aliphatic rings. The Morgan fingerprint density at radius 2 is 1.74 bits per heavy atom. The van der Waals surface area contributed by atoms with Gasteiger partial charge in [0, 0.05) is 31.1 Å². The maximum atomic E-state index is 13.1. The molecule has 0 radical (unpaired) electrons. The second-order valence-corrected chi connectivity index (χ2v) is 7.07. The summed E-state index contributed by atoms with van der Waals surface area (Å²) in [6.07, 6.45) is 6.67. The van der Waals surface area contributed by atoms with Crippen molar-refractivity contribution in [3.05, 3.63) is 101 Å². The zero-order valence-electron chi connectivity index (χ0n) is 15.6. The number of fused-ring (bicyclic) bond motifs is 1. The zero-order valence-corrected chi connectivity index (χ0v) is 15.6. The summed E-state index contributed by atoms with van der Waals surface area (Å²) in [5, 5.41) is 0. The third kappa shape index (κ3) is 3.72. The first kappa shape index (κ1) is 17.3. The highest BCUT2D eigenvalue weighted by molar-refractivity contribution is 5.92. The van der Waals surface area contributed by atoms with Crippen molar-refractivity contribution in [2.45, 2.75) is 25.9 Å². The lowest BCUT2D eigenvalue weighted by molar-refractivity contribution is -0.127. The Kier molecular flexibility index (Phi) is 4.93. The van der Waals surface area contributed by atoms with E-state index >= 15 is 0 Å². The van der Waals surface area contributed by atoms with Crippen LogP contribution >= 0.6 is 0 Å². The van der Waals surface area contributed by atoms with Crippen LogP contribution in [0.5, 0.6) is 0 Å². The molecule has 27 heavy (non-hydrogen) atoms. The molecule has 0 fully saturated rings. The normalized spacial score (nSPS) is 16.9. The molecule has 1 aliphatic heterocycles. The molecule has 0 aliphatic carbocycles. The largest absolute Gasteiger partial charge is 0.349 e. The van der Waals surface area contributed by atoms with E-state index in [0.717, 1.165) is 30.6 Å². The van der Waals surface area contributed by atoms with Crippen LogP contribution in [0.2, 0.25) is 0 Å². The van der Waals surface area contributed by atoms with E-state index in [1.807, 2.05) is 41.3 Å². The quantitative estimate of drug-likeness (QED) is 0.617. The number of hydrogen-bond acceptors (Lipinski definition) is 1. The predicted octanol–water partition coefficient (Wildman–Crippen LogP) is 4.83. The van der Waals surface area contributed by atoms with E-state index in [1.54, 1.807) is 6.08 Å². The van der Waals surface area contributed by atoms with Crippen LogP contribution in [0.4, 0.5) is 0 Å². The van der Waals surface area contributed by atoms with E-state index in [2.05, 4.69) is 54.1 Å². The molecule has 3 heteroatoms. The Morgan fingerprint density at radius 1 is 0.963 bits per heavy atom. The average Bonchev–Trinajstić information content (AvgIpc) is 3.08. The number of nitrogens with zero attached hydrogens (tertiary/aromatic N) is 2. The van der Waals surface area contributed by atoms with Crippen LogP contribution in [-0.2, 0) is 11.3 Å². The van der Waals surface area contributed by atoms with Gasteiger partial charge in [0.2, 0.25) is 5.91 Å². The molecule has 2 aromatic carbocycles. The van der Waals surface area contributed by atoms with E-state index in [-0.39, 0.29) is 11.9 Å². The Labute approximate surface area is 160 Å². The smallest absolute Gasteiger partial charge is 0.247 e. The lowest BCUT2D eigenvalue weighted by atomic mass is 10.0. The summed E-state index contributed by atoms with van der Waals surface area (Å²) in [7, 11) is 0. The highest BCUT2D eigenvalue weighted by Gasteiger charge is 2.29. The monoisotopic (exact) mass is 356 g/mol. The molecule has 3 aromatic rings. The Balaban J connectivity index is 1.69. The predicted molar refractivity (Wildman–Crippen MR) is 109 cm³/mol. The fourth-order valence-corrected chi connectivity index (χ4v) is 3.74. The number of hydrogen-bond donors (Lipinski definition) is 0. The minimum Gasteiger partial charge on any atom is -0.349 e. The van der Waals surface area contributed by atoms with Crippen LogP contribution in [0, 0.1) is 6.92 Å². The lowest BCUT2D eigenvalue weighted by Gasteiger charge is -2.30. The molecule has 0 spiro atoms.